The van der Waals surface area contributed by atoms with E-state index in [-0.39, 0.29) is 6.04 Å². The van der Waals surface area contributed by atoms with Crippen LogP contribution in [-0.4, -0.2) is 9.97 Å². The van der Waals surface area contributed by atoms with Gasteiger partial charge in [0.25, 0.3) is 0 Å². The average molecular weight is 381 g/mol. The second-order valence-corrected chi connectivity index (χ2v) is 6.83. The fourth-order valence-corrected chi connectivity index (χ4v) is 3.24. The number of aromatic amines is 1. The summed E-state index contributed by atoms with van der Waals surface area (Å²) >= 11 is 18.1. The van der Waals surface area contributed by atoms with Crippen LogP contribution in [-0.2, 0) is 13.0 Å². The minimum atomic E-state index is 0.0187. The maximum absolute atomic E-state index is 6.11. The molecular formula is C18H16Cl3N3. The lowest BCUT2D eigenvalue weighted by atomic mass is 10.0. The molecule has 0 radical (unpaired) electrons. The monoisotopic (exact) mass is 379 g/mol. The van der Waals surface area contributed by atoms with E-state index in [1.165, 1.54) is 0 Å². The molecule has 0 saturated carbocycles. The summed E-state index contributed by atoms with van der Waals surface area (Å²) in [6.07, 6.45) is 4.29. The highest BCUT2D eigenvalue weighted by Crippen LogP contribution is 2.23. The van der Waals surface area contributed by atoms with Gasteiger partial charge in [-0.3, -0.25) is 0 Å². The SMILES string of the molecule is Clc1ccc(CNC(Cc2cc(Cl)cc(Cl)c2)c2ncc[nH]2)cc1. The molecule has 0 saturated heterocycles. The van der Waals surface area contributed by atoms with Crippen LogP contribution in [0.1, 0.15) is 23.0 Å². The Bertz CT molecular complexity index is 766. The molecule has 24 heavy (non-hydrogen) atoms. The van der Waals surface area contributed by atoms with Crippen LogP contribution < -0.4 is 5.32 Å². The third-order valence-electron chi connectivity index (χ3n) is 3.68. The van der Waals surface area contributed by atoms with Crippen molar-refractivity contribution >= 4 is 34.8 Å². The molecule has 1 aromatic heterocycles. The molecule has 6 heteroatoms. The van der Waals surface area contributed by atoms with Crippen LogP contribution in [0.3, 0.4) is 0 Å². The van der Waals surface area contributed by atoms with E-state index < -0.39 is 0 Å². The molecule has 0 aliphatic carbocycles. The van der Waals surface area contributed by atoms with Crippen LogP contribution in [0.5, 0.6) is 0 Å². The van der Waals surface area contributed by atoms with Gasteiger partial charge >= 0.3 is 0 Å². The second-order valence-electron chi connectivity index (χ2n) is 5.52. The van der Waals surface area contributed by atoms with E-state index >= 15 is 0 Å². The molecule has 3 rings (SSSR count). The van der Waals surface area contributed by atoms with Crippen molar-refractivity contribution in [3.8, 4) is 0 Å². The summed E-state index contributed by atoms with van der Waals surface area (Å²) in [5.41, 5.74) is 2.21. The fraction of sp³-hybridized carbons (Fsp3) is 0.167. The Hall–Kier alpha value is -1.52. The Labute approximate surface area is 156 Å². The van der Waals surface area contributed by atoms with Gasteiger partial charge in [-0.25, -0.2) is 4.98 Å². The van der Waals surface area contributed by atoms with Crippen molar-refractivity contribution in [1.29, 1.82) is 0 Å². The maximum Gasteiger partial charge on any atom is 0.123 e. The van der Waals surface area contributed by atoms with Gasteiger partial charge in [0.2, 0.25) is 0 Å². The lowest BCUT2D eigenvalue weighted by Crippen LogP contribution is -2.24. The number of nitrogens with one attached hydrogen (secondary N) is 2. The molecular weight excluding hydrogens is 365 g/mol. The third kappa shape index (κ3) is 4.74. The van der Waals surface area contributed by atoms with E-state index in [0.717, 1.165) is 28.4 Å². The molecule has 2 N–H and O–H groups in total. The Morgan fingerprint density at radius 3 is 2.25 bits per heavy atom. The number of rotatable bonds is 6. The zero-order valence-corrected chi connectivity index (χ0v) is 15.0. The molecule has 0 bridgehead atoms. The standard InChI is InChI=1S/C18H16Cl3N3/c19-14-3-1-12(2-4-14)11-24-17(18-22-5-6-23-18)9-13-7-15(20)10-16(21)8-13/h1-8,10,17,24H,9,11H2,(H,22,23). The second kappa shape index (κ2) is 8.04. The highest BCUT2D eigenvalue weighted by Gasteiger charge is 2.15. The summed E-state index contributed by atoms with van der Waals surface area (Å²) in [5, 5.41) is 5.52. The molecule has 3 aromatic rings. The summed E-state index contributed by atoms with van der Waals surface area (Å²) in [4.78, 5) is 7.55. The van der Waals surface area contributed by atoms with Gasteiger partial charge in [0, 0.05) is 34.0 Å². The first-order chi connectivity index (χ1) is 11.6. The molecule has 0 aliphatic heterocycles. The van der Waals surface area contributed by atoms with E-state index in [2.05, 4.69) is 15.3 Å². The average Bonchev–Trinajstić information content (AvgIpc) is 3.06. The summed E-state index contributed by atoms with van der Waals surface area (Å²) < 4.78 is 0. The Morgan fingerprint density at radius 2 is 1.62 bits per heavy atom. The molecule has 0 aliphatic rings. The lowest BCUT2D eigenvalue weighted by molar-refractivity contribution is 0.508. The van der Waals surface area contributed by atoms with E-state index in [9.17, 15) is 0 Å². The molecule has 0 fully saturated rings. The normalized spacial score (nSPS) is 12.3. The molecule has 0 spiro atoms. The van der Waals surface area contributed by atoms with Crippen molar-refractivity contribution in [2.24, 2.45) is 0 Å². The van der Waals surface area contributed by atoms with Crippen LogP contribution in [0.15, 0.2) is 54.9 Å². The summed E-state index contributed by atoms with van der Waals surface area (Å²) in [6, 6.07) is 13.4. The van der Waals surface area contributed by atoms with Crippen LogP contribution in [0.2, 0.25) is 15.1 Å². The minimum absolute atomic E-state index is 0.0187. The van der Waals surface area contributed by atoms with Crippen molar-refractivity contribution in [3.05, 3.63) is 86.9 Å². The largest absolute Gasteiger partial charge is 0.347 e. The van der Waals surface area contributed by atoms with Gasteiger partial charge in [0.05, 0.1) is 6.04 Å². The minimum Gasteiger partial charge on any atom is -0.347 e. The fourth-order valence-electron chi connectivity index (χ4n) is 2.54. The van der Waals surface area contributed by atoms with Gasteiger partial charge in [-0.05, 0) is 47.9 Å². The smallest absolute Gasteiger partial charge is 0.123 e. The number of benzene rings is 2. The molecule has 1 unspecified atom stereocenters. The number of hydrogen-bond donors (Lipinski definition) is 2. The van der Waals surface area contributed by atoms with Gasteiger partial charge < -0.3 is 10.3 Å². The van der Waals surface area contributed by atoms with Crippen LogP contribution in [0.25, 0.3) is 0 Å². The van der Waals surface area contributed by atoms with E-state index in [1.54, 1.807) is 12.3 Å². The molecule has 3 nitrogen and oxygen atoms in total. The number of halogens is 3. The van der Waals surface area contributed by atoms with Gasteiger partial charge in [-0.1, -0.05) is 46.9 Å². The summed E-state index contributed by atoms with van der Waals surface area (Å²) in [6.45, 7) is 0.705. The van der Waals surface area contributed by atoms with E-state index in [4.69, 9.17) is 34.8 Å². The van der Waals surface area contributed by atoms with Gasteiger partial charge in [0.15, 0.2) is 0 Å². The molecule has 1 atom stereocenters. The Balaban J connectivity index is 1.75. The van der Waals surface area contributed by atoms with E-state index in [0.29, 0.717) is 16.6 Å². The predicted octanol–water partition coefficient (Wildman–Crippen LogP) is 5.44. The molecule has 124 valence electrons. The van der Waals surface area contributed by atoms with Crippen LogP contribution in [0.4, 0.5) is 0 Å². The van der Waals surface area contributed by atoms with Crippen molar-refractivity contribution in [3.63, 3.8) is 0 Å². The first kappa shape index (κ1) is 17.3. The maximum atomic E-state index is 6.11. The molecule has 0 amide bonds. The number of nitrogens with zero attached hydrogens (tertiary/aromatic N) is 1. The first-order valence-corrected chi connectivity index (χ1v) is 8.65. The Kier molecular flexibility index (Phi) is 5.80. The molecule has 1 heterocycles. The van der Waals surface area contributed by atoms with Gasteiger partial charge in [-0.15, -0.1) is 0 Å². The van der Waals surface area contributed by atoms with Crippen molar-refractivity contribution < 1.29 is 0 Å². The number of imidazole rings is 1. The highest BCUT2D eigenvalue weighted by atomic mass is 35.5. The Morgan fingerprint density at radius 1 is 0.917 bits per heavy atom. The van der Waals surface area contributed by atoms with Crippen molar-refractivity contribution in [2.75, 3.05) is 0 Å². The zero-order valence-electron chi connectivity index (χ0n) is 12.8. The van der Waals surface area contributed by atoms with Crippen molar-refractivity contribution in [1.82, 2.24) is 15.3 Å². The summed E-state index contributed by atoms with van der Waals surface area (Å²) in [7, 11) is 0. The van der Waals surface area contributed by atoms with Gasteiger partial charge in [-0.2, -0.15) is 0 Å². The quantitative estimate of drug-likeness (QED) is 0.597. The van der Waals surface area contributed by atoms with Crippen molar-refractivity contribution in [2.45, 2.75) is 19.0 Å². The zero-order chi connectivity index (χ0) is 16.9. The number of H-pyrrole nitrogens is 1. The van der Waals surface area contributed by atoms with Gasteiger partial charge in [0.1, 0.15) is 5.82 Å². The predicted molar refractivity (Wildman–Crippen MR) is 99.8 cm³/mol. The first-order valence-electron chi connectivity index (χ1n) is 7.52. The van der Waals surface area contributed by atoms with E-state index in [1.807, 2.05) is 42.6 Å². The number of hydrogen-bond acceptors (Lipinski definition) is 2. The van der Waals surface area contributed by atoms with Crippen LogP contribution >= 0.6 is 34.8 Å². The number of aromatic nitrogens is 2. The highest BCUT2D eigenvalue weighted by molar-refractivity contribution is 6.34. The topological polar surface area (TPSA) is 40.7 Å². The third-order valence-corrected chi connectivity index (χ3v) is 4.37. The summed E-state index contributed by atoms with van der Waals surface area (Å²) in [5.74, 6) is 0.875. The van der Waals surface area contributed by atoms with Crippen LogP contribution in [0, 0.1) is 0 Å². The molecule has 2 aromatic carbocycles. The lowest BCUT2D eigenvalue weighted by Gasteiger charge is -2.17.